The summed E-state index contributed by atoms with van der Waals surface area (Å²) in [6.45, 7) is 11.0. The predicted molar refractivity (Wildman–Crippen MR) is 131 cm³/mol. The molecule has 0 aromatic heterocycles. The average molecular weight is 508 g/mol. The van der Waals surface area contributed by atoms with E-state index in [0.717, 1.165) is 61.2 Å². The van der Waals surface area contributed by atoms with Gasteiger partial charge in [0.1, 0.15) is 0 Å². The van der Waals surface area contributed by atoms with Crippen LogP contribution >= 0.6 is 11.8 Å². The van der Waals surface area contributed by atoms with E-state index in [9.17, 15) is 13.2 Å². The van der Waals surface area contributed by atoms with Crippen LogP contribution < -0.4 is 4.90 Å². The molecule has 0 amide bonds. The Balaban J connectivity index is 1.18. The summed E-state index contributed by atoms with van der Waals surface area (Å²) in [5.74, 6) is -0.489. The summed E-state index contributed by atoms with van der Waals surface area (Å²) in [6.07, 6.45) is -3.36. The standard InChI is InChI=1S/C26H32F3N3O2S/c1-25(2)33-18-20(34-25)17-31-14-12-30(13-15-31)10-5-11-32-21-6-3-4-7-23(21)35-24-9-8-19(16-22(24)32)26(27,28)29/h3-4,6-9,16,20H,5,10-15,17-18H2,1-2H3/t20-/m0/s1. The van der Waals surface area contributed by atoms with Gasteiger partial charge in [-0.25, -0.2) is 0 Å². The molecule has 190 valence electrons. The third-order valence-electron chi connectivity index (χ3n) is 6.80. The van der Waals surface area contributed by atoms with Crippen molar-refractivity contribution < 1.29 is 22.6 Å². The summed E-state index contributed by atoms with van der Waals surface area (Å²) < 4.78 is 51.9. The number of hydrogen-bond acceptors (Lipinski definition) is 6. The minimum atomic E-state index is -4.35. The number of fused-ring (bicyclic) bond motifs is 2. The highest BCUT2D eigenvalue weighted by Crippen LogP contribution is 2.49. The fraction of sp³-hybridized carbons (Fsp3) is 0.538. The zero-order valence-corrected chi connectivity index (χ0v) is 21.0. The number of ether oxygens (including phenoxy) is 2. The quantitative estimate of drug-likeness (QED) is 0.515. The first-order chi connectivity index (χ1) is 16.7. The van der Waals surface area contributed by atoms with Gasteiger partial charge in [0.25, 0.3) is 0 Å². The molecule has 2 aromatic rings. The zero-order valence-electron chi connectivity index (χ0n) is 20.2. The molecule has 0 bridgehead atoms. The van der Waals surface area contributed by atoms with Crippen LogP contribution in [-0.2, 0) is 15.7 Å². The molecule has 5 rings (SSSR count). The van der Waals surface area contributed by atoms with Crippen molar-refractivity contribution in [1.82, 2.24) is 9.80 Å². The number of halogens is 3. The number of anilines is 2. The third kappa shape index (κ3) is 5.80. The number of nitrogens with zero attached hydrogens (tertiary/aromatic N) is 3. The average Bonchev–Trinajstić information content (AvgIpc) is 3.16. The SMILES string of the molecule is CC1(C)OC[C@H](CN2CCN(CCCN3c4ccccc4Sc4ccc(C(F)(F)F)cc43)CC2)O1. The van der Waals surface area contributed by atoms with Gasteiger partial charge in [-0.05, 0) is 57.1 Å². The Hall–Kier alpha value is -1.78. The molecule has 3 heterocycles. The van der Waals surface area contributed by atoms with Crippen LogP contribution in [0.2, 0.25) is 0 Å². The van der Waals surface area contributed by atoms with Gasteiger partial charge in [-0.2, -0.15) is 13.2 Å². The second-order valence-corrected chi connectivity index (χ2v) is 10.9. The molecule has 0 saturated carbocycles. The summed E-state index contributed by atoms with van der Waals surface area (Å²) in [7, 11) is 0. The van der Waals surface area contributed by atoms with E-state index < -0.39 is 17.5 Å². The van der Waals surface area contributed by atoms with Gasteiger partial charge in [-0.15, -0.1) is 0 Å². The Morgan fingerprint density at radius 1 is 0.943 bits per heavy atom. The van der Waals surface area contributed by atoms with Crippen molar-refractivity contribution >= 4 is 23.1 Å². The maximum absolute atomic E-state index is 13.4. The van der Waals surface area contributed by atoms with Crippen LogP contribution in [0.3, 0.4) is 0 Å². The first kappa shape index (κ1) is 24.9. The monoisotopic (exact) mass is 507 g/mol. The Morgan fingerprint density at radius 2 is 1.66 bits per heavy atom. The molecule has 2 aromatic carbocycles. The number of benzene rings is 2. The minimum Gasteiger partial charge on any atom is -0.348 e. The van der Waals surface area contributed by atoms with E-state index in [4.69, 9.17) is 9.47 Å². The van der Waals surface area contributed by atoms with Gasteiger partial charge in [-0.1, -0.05) is 23.9 Å². The predicted octanol–water partition coefficient (Wildman–Crippen LogP) is 5.47. The first-order valence-electron chi connectivity index (χ1n) is 12.2. The Kier molecular flexibility index (Phi) is 7.07. The highest BCUT2D eigenvalue weighted by atomic mass is 32.2. The largest absolute Gasteiger partial charge is 0.416 e. The lowest BCUT2D eigenvalue weighted by Crippen LogP contribution is -2.49. The van der Waals surface area contributed by atoms with Crippen molar-refractivity contribution in [2.75, 3.05) is 57.3 Å². The lowest BCUT2D eigenvalue weighted by molar-refractivity contribution is -0.141. The Morgan fingerprint density at radius 3 is 2.37 bits per heavy atom. The molecular weight excluding hydrogens is 475 g/mol. The molecule has 9 heteroatoms. The topological polar surface area (TPSA) is 28.2 Å². The van der Waals surface area contributed by atoms with Gasteiger partial charge in [0.2, 0.25) is 0 Å². The normalized spacial score (nSPS) is 22.8. The van der Waals surface area contributed by atoms with Gasteiger partial charge in [0.15, 0.2) is 5.79 Å². The maximum Gasteiger partial charge on any atom is 0.416 e. The molecule has 2 saturated heterocycles. The maximum atomic E-state index is 13.4. The number of piperazine rings is 1. The molecule has 0 radical (unpaired) electrons. The van der Waals surface area contributed by atoms with E-state index in [1.54, 1.807) is 6.07 Å². The van der Waals surface area contributed by atoms with E-state index in [0.29, 0.717) is 18.8 Å². The minimum absolute atomic E-state index is 0.121. The molecule has 1 atom stereocenters. The second-order valence-electron chi connectivity index (χ2n) is 9.85. The summed E-state index contributed by atoms with van der Waals surface area (Å²) in [4.78, 5) is 8.88. The van der Waals surface area contributed by atoms with Crippen LogP contribution in [0.4, 0.5) is 24.5 Å². The van der Waals surface area contributed by atoms with Crippen LogP contribution in [0.25, 0.3) is 0 Å². The van der Waals surface area contributed by atoms with Gasteiger partial charge < -0.3 is 19.3 Å². The number of para-hydroxylation sites is 1. The molecule has 3 aliphatic rings. The van der Waals surface area contributed by atoms with Crippen molar-refractivity contribution in [3.05, 3.63) is 48.0 Å². The summed E-state index contributed by atoms with van der Waals surface area (Å²) >= 11 is 1.54. The van der Waals surface area contributed by atoms with Crippen molar-refractivity contribution in [3.8, 4) is 0 Å². The van der Waals surface area contributed by atoms with E-state index >= 15 is 0 Å². The number of rotatable bonds is 6. The highest BCUT2D eigenvalue weighted by Gasteiger charge is 2.35. The summed E-state index contributed by atoms with van der Waals surface area (Å²) in [6, 6.07) is 12.0. The molecule has 0 N–H and O–H groups in total. The van der Waals surface area contributed by atoms with E-state index in [-0.39, 0.29) is 6.10 Å². The zero-order chi connectivity index (χ0) is 24.6. The Labute approximate surface area is 209 Å². The molecule has 3 aliphatic heterocycles. The Bertz CT molecular complexity index is 1040. The molecular formula is C26H32F3N3O2S. The second kappa shape index (κ2) is 9.94. The highest BCUT2D eigenvalue weighted by molar-refractivity contribution is 7.99. The molecule has 35 heavy (non-hydrogen) atoms. The molecule has 0 unspecified atom stereocenters. The van der Waals surface area contributed by atoms with Crippen molar-refractivity contribution in [2.24, 2.45) is 0 Å². The summed E-state index contributed by atoms with van der Waals surface area (Å²) in [5, 5.41) is 0. The fourth-order valence-corrected chi connectivity index (χ4v) is 6.11. The lowest BCUT2D eigenvalue weighted by Gasteiger charge is -2.37. The van der Waals surface area contributed by atoms with Gasteiger partial charge in [0, 0.05) is 49.1 Å². The van der Waals surface area contributed by atoms with Crippen LogP contribution in [0.15, 0.2) is 52.3 Å². The molecule has 5 nitrogen and oxygen atoms in total. The molecule has 0 aliphatic carbocycles. The van der Waals surface area contributed by atoms with Crippen LogP contribution in [-0.4, -0.2) is 74.1 Å². The molecule has 2 fully saturated rings. The van der Waals surface area contributed by atoms with Gasteiger partial charge in [0.05, 0.1) is 29.6 Å². The van der Waals surface area contributed by atoms with Crippen LogP contribution in [0, 0.1) is 0 Å². The van der Waals surface area contributed by atoms with Gasteiger partial charge >= 0.3 is 6.18 Å². The van der Waals surface area contributed by atoms with E-state index in [1.165, 1.54) is 23.9 Å². The van der Waals surface area contributed by atoms with Crippen molar-refractivity contribution in [3.63, 3.8) is 0 Å². The summed E-state index contributed by atoms with van der Waals surface area (Å²) in [5.41, 5.74) is 1.03. The van der Waals surface area contributed by atoms with Crippen LogP contribution in [0.5, 0.6) is 0 Å². The van der Waals surface area contributed by atoms with Gasteiger partial charge in [-0.3, -0.25) is 4.90 Å². The lowest BCUT2D eigenvalue weighted by atomic mass is 10.1. The molecule has 0 spiro atoms. The van der Waals surface area contributed by atoms with Crippen LogP contribution in [0.1, 0.15) is 25.8 Å². The smallest absolute Gasteiger partial charge is 0.348 e. The number of alkyl halides is 3. The van der Waals surface area contributed by atoms with Crippen molar-refractivity contribution in [2.45, 2.75) is 48.1 Å². The fourth-order valence-electron chi connectivity index (χ4n) is 5.04. The van der Waals surface area contributed by atoms with E-state index in [1.807, 2.05) is 38.1 Å². The first-order valence-corrected chi connectivity index (χ1v) is 13.0. The number of hydrogen-bond donors (Lipinski definition) is 0. The van der Waals surface area contributed by atoms with E-state index in [2.05, 4.69) is 14.7 Å². The third-order valence-corrected chi connectivity index (χ3v) is 7.93. The van der Waals surface area contributed by atoms with Crippen molar-refractivity contribution in [1.29, 1.82) is 0 Å².